The maximum absolute atomic E-state index is 12.4. The lowest BCUT2D eigenvalue weighted by Gasteiger charge is -2.06. The van der Waals surface area contributed by atoms with Crippen LogP contribution in [0.1, 0.15) is 5.56 Å². The molecule has 8 heteroatoms. The minimum Gasteiger partial charge on any atom is -0.361 e. The van der Waals surface area contributed by atoms with Gasteiger partial charge in [0.15, 0.2) is 0 Å². The molecule has 0 atom stereocenters. The lowest BCUT2D eigenvalue weighted by Crippen LogP contribution is -2.13. The van der Waals surface area contributed by atoms with E-state index < -0.39 is 10.8 Å². The molecule has 1 heterocycles. The average Bonchev–Trinajstić information content (AvgIpc) is 3.04. The van der Waals surface area contributed by atoms with Crippen LogP contribution in [0, 0.1) is 21.4 Å². The van der Waals surface area contributed by atoms with Crippen molar-refractivity contribution in [3.05, 3.63) is 74.4 Å². The summed E-state index contributed by atoms with van der Waals surface area (Å²) in [5.74, 6) is -0.604. The summed E-state index contributed by atoms with van der Waals surface area (Å²) in [7, 11) is 0. The minimum atomic E-state index is -0.604. The van der Waals surface area contributed by atoms with Crippen molar-refractivity contribution in [2.24, 2.45) is 0 Å². The number of carbonyl (C=O) groups is 1. The van der Waals surface area contributed by atoms with E-state index >= 15 is 0 Å². The minimum absolute atomic E-state index is 0.0833. The molecule has 1 amide bonds. The summed E-state index contributed by atoms with van der Waals surface area (Å²) in [4.78, 5) is 25.7. The van der Waals surface area contributed by atoms with Crippen LogP contribution < -0.4 is 5.32 Å². The molecule has 7 nitrogen and oxygen atoms in total. The van der Waals surface area contributed by atoms with E-state index in [0.29, 0.717) is 10.2 Å². The zero-order valence-corrected chi connectivity index (χ0v) is 14.8. The second-order valence-electron chi connectivity index (χ2n) is 5.33. The predicted octanol–water partition coefficient (Wildman–Crippen LogP) is 4.38. The van der Waals surface area contributed by atoms with Gasteiger partial charge in [0.2, 0.25) is 0 Å². The number of anilines is 1. The number of non-ortho nitro benzene ring substituents is 1. The molecule has 128 valence electrons. The molecule has 2 aromatic carbocycles. The molecule has 3 aromatic rings. The third-order valence-electron chi connectivity index (χ3n) is 3.70. The van der Waals surface area contributed by atoms with Gasteiger partial charge in [-0.3, -0.25) is 14.9 Å². The molecule has 0 aliphatic rings. The Bertz CT molecular complexity index is 1100. The Morgan fingerprint density at radius 1 is 1.31 bits per heavy atom. The zero-order chi connectivity index (χ0) is 18.7. The van der Waals surface area contributed by atoms with Crippen LogP contribution >= 0.6 is 15.9 Å². The van der Waals surface area contributed by atoms with Gasteiger partial charge in [0.05, 0.1) is 10.6 Å². The van der Waals surface area contributed by atoms with Crippen LogP contribution in [0.3, 0.4) is 0 Å². The number of carbonyl (C=O) groups excluding carboxylic acids is 1. The molecule has 0 saturated carbocycles. The number of hydrogen-bond acceptors (Lipinski definition) is 4. The number of nitriles is 1. The largest absolute Gasteiger partial charge is 0.361 e. The zero-order valence-electron chi connectivity index (χ0n) is 13.2. The van der Waals surface area contributed by atoms with Crippen LogP contribution in [0.15, 0.2) is 58.7 Å². The number of nitrogens with zero attached hydrogens (tertiary/aromatic N) is 2. The fourth-order valence-electron chi connectivity index (χ4n) is 2.43. The number of aromatic nitrogens is 1. The van der Waals surface area contributed by atoms with Gasteiger partial charge in [0.25, 0.3) is 11.6 Å². The maximum atomic E-state index is 12.4. The Labute approximate surface area is 156 Å². The predicted molar refractivity (Wildman–Crippen MR) is 101 cm³/mol. The summed E-state index contributed by atoms with van der Waals surface area (Å²) in [5, 5.41) is 23.6. The first-order chi connectivity index (χ1) is 12.5. The second kappa shape index (κ2) is 7.21. The van der Waals surface area contributed by atoms with Gasteiger partial charge in [-0.1, -0.05) is 18.2 Å². The molecule has 0 bridgehead atoms. The SMILES string of the molecule is N#CC(=Cc1c[nH]c2ccccc12)C(=O)Nc1ccc([N+](=O)[O-])cc1Br. The van der Waals surface area contributed by atoms with Gasteiger partial charge in [-0.05, 0) is 34.1 Å². The highest BCUT2D eigenvalue weighted by Crippen LogP contribution is 2.28. The number of nitro groups is 1. The fourth-order valence-corrected chi connectivity index (χ4v) is 2.89. The molecule has 0 unspecified atom stereocenters. The van der Waals surface area contributed by atoms with Crippen molar-refractivity contribution in [2.75, 3.05) is 5.32 Å². The number of para-hydroxylation sites is 1. The number of H-pyrrole nitrogens is 1. The van der Waals surface area contributed by atoms with E-state index in [0.717, 1.165) is 16.5 Å². The van der Waals surface area contributed by atoms with Gasteiger partial charge in [0, 0.05) is 39.3 Å². The van der Waals surface area contributed by atoms with Crippen LogP contribution in [-0.2, 0) is 4.79 Å². The van der Waals surface area contributed by atoms with Crippen LogP contribution in [0.5, 0.6) is 0 Å². The van der Waals surface area contributed by atoms with Crippen LogP contribution in [0.4, 0.5) is 11.4 Å². The van der Waals surface area contributed by atoms with E-state index in [1.807, 2.05) is 30.3 Å². The number of nitrogens with one attached hydrogen (secondary N) is 2. The smallest absolute Gasteiger partial charge is 0.270 e. The molecule has 2 N–H and O–H groups in total. The average molecular weight is 411 g/mol. The molecule has 0 aliphatic heterocycles. The summed E-state index contributed by atoms with van der Waals surface area (Å²) in [6.07, 6.45) is 3.21. The molecular formula is C18H11BrN4O3. The maximum Gasteiger partial charge on any atom is 0.270 e. The van der Waals surface area contributed by atoms with E-state index in [1.54, 1.807) is 6.20 Å². The van der Waals surface area contributed by atoms with Crippen molar-refractivity contribution in [2.45, 2.75) is 0 Å². The Morgan fingerprint density at radius 3 is 2.77 bits per heavy atom. The molecule has 0 aliphatic carbocycles. The number of aromatic amines is 1. The van der Waals surface area contributed by atoms with Crippen molar-refractivity contribution >= 4 is 50.2 Å². The Kier molecular flexibility index (Phi) is 4.82. The first-order valence-corrected chi connectivity index (χ1v) is 8.22. The van der Waals surface area contributed by atoms with Crippen molar-refractivity contribution in [1.29, 1.82) is 5.26 Å². The third kappa shape index (κ3) is 3.48. The van der Waals surface area contributed by atoms with Crippen molar-refractivity contribution in [1.82, 2.24) is 4.98 Å². The van der Waals surface area contributed by atoms with Crippen LogP contribution in [0.2, 0.25) is 0 Å². The summed E-state index contributed by atoms with van der Waals surface area (Å²) < 4.78 is 0.351. The number of fused-ring (bicyclic) bond motifs is 1. The lowest BCUT2D eigenvalue weighted by molar-refractivity contribution is -0.384. The Morgan fingerprint density at radius 2 is 2.08 bits per heavy atom. The van der Waals surface area contributed by atoms with Crippen LogP contribution in [0.25, 0.3) is 17.0 Å². The molecule has 0 radical (unpaired) electrons. The van der Waals surface area contributed by atoms with Gasteiger partial charge in [-0.25, -0.2) is 0 Å². The molecule has 0 saturated heterocycles. The third-order valence-corrected chi connectivity index (χ3v) is 4.35. The number of rotatable bonds is 4. The number of benzene rings is 2. The van der Waals surface area contributed by atoms with Crippen molar-refractivity contribution in [3.8, 4) is 6.07 Å². The first kappa shape index (κ1) is 17.4. The molecule has 3 rings (SSSR count). The van der Waals surface area contributed by atoms with Gasteiger partial charge < -0.3 is 10.3 Å². The lowest BCUT2D eigenvalue weighted by atomic mass is 10.1. The summed E-state index contributed by atoms with van der Waals surface area (Å²) in [6, 6.07) is 13.4. The van der Waals surface area contributed by atoms with Gasteiger partial charge in [-0.2, -0.15) is 5.26 Å². The van der Waals surface area contributed by atoms with E-state index in [1.165, 1.54) is 24.3 Å². The van der Waals surface area contributed by atoms with E-state index in [-0.39, 0.29) is 11.3 Å². The molecular weight excluding hydrogens is 400 g/mol. The van der Waals surface area contributed by atoms with Gasteiger partial charge in [0.1, 0.15) is 11.6 Å². The van der Waals surface area contributed by atoms with E-state index in [2.05, 4.69) is 26.2 Å². The number of nitro benzene ring substituents is 1. The monoisotopic (exact) mass is 410 g/mol. The highest BCUT2D eigenvalue weighted by atomic mass is 79.9. The number of hydrogen-bond donors (Lipinski definition) is 2. The summed E-state index contributed by atoms with van der Waals surface area (Å²) in [6.45, 7) is 0. The van der Waals surface area contributed by atoms with Gasteiger partial charge in [-0.15, -0.1) is 0 Å². The second-order valence-corrected chi connectivity index (χ2v) is 6.19. The van der Waals surface area contributed by atoms with E-state index in [4.69, 9.17) is 0 Å². The summed E-state index contributed by atoms with van der Waals surface area (Å²) >= 11 is 3.18. The Hall–Kier alpha value is -3.44. The fraction of sp³-hybridized carbons (Fsp3) is 0. The standard InChI is InChI=1S/C18H11BrN4O3/c19-15-8-13(23(25)26)5-6-17(15)22-18(24)11(9-20)7-12-10-21-16-4-2-1-3-14(12)16/h1-8,10,21H,(H,22,24). The Balaban J connectivity index is 1.88. The van der Waals surface area contributed by atoms with Crippen LogP contribution in [-0.4, -0.2) is 15.8 Å². The normalized spacial score (nSPS) is 11.2. The van der Waals surface area contributed by atoms with E-state index in [9.17, 15) is 20.2 Å². The van der Waals surface area contributed by atoms with Crippen molar-refractivity contribution < 1.29 is 9.72 Å². The molecule has 26 heavy (non-hydrogen) atoms. The topological polar surface area (TPSA) is 112 Å². The van der Waals surface area contributed by atoms with Crippen molar-refractivity contribution in [3.63, 3.8) is 0 Å². The quantitative estimate of drug-likeness (QED) is 0.287. The number of halogens is 1. The summed E-state index contributed by atoms with van der Waals surface area (Å²) in [5.41, 5.74) is 1.76. The molecule has 1 aromatic heterocycles. The molecule has 0 fully saturated rings. The first-order valence-electron chi connectivity index (χ1n) is 7.43. The van der Waals surface area contributed by atoms with Gasteiger partial charge >= 0.3 is 0 Å². The highest BCUT2D eigenvalue weighted by Gasteiger charge is 2.15. The number of amides is 1. The highest BCUT2D eigenvalue weighted by molar-refractivity contribution is 9.10. The molecule has 0 spiro atoms.